The van der Waals surface area contributed by atoms with Crippen LogP contribution >= 0.6 is 22.9 Å². The predicted octanol–water partition coefficient (Wildman–Crippen LogP) is 4.39. The second kappa shape index (κ2) is 9.36. The highest BCUT2D eigenvalue weighted by atomic mass is 35.5. The molecule has 1 aliphatic rings. The summed E-state index contributed by atoms with van der Waals surface area (Å²) in [6.07, 6.45) is 2.24. The molecule has 2 aromatic carbocycles. The fraction of sp³-hybridized carbons (Fsp3) is 0.273. The Hall–Kier alpha value is -2.77. The number of carbonyl (C=O) groups is 2. The molecule has 0 radical (unpaired) electrons. The lowest BCUT2D eigenvalue weighted by Gasteiger charge is -2.31. The number of anilines is 1. The number of piperidine rings is 1. The Bertz CT molecular complexity index is 1040. The van der Waals surface area contributed by atoms with Gasteiger partial charge < -0.3 is 10.2 Å². The van der Waals surface area contributed by atoms with Crippen molar-refractivity contribution in [1.82, 2.24) is 15.1 Å². The number of rotatable bonds is 5. The van der Waals surface area contributed by atoms with E-state index in [2.05, 4.69) is 15.5 Å². The molecule has 6 nitrogen and oxygen atoms in total. The van der Waals surface area contributed by atoms with E-state index >= 15 is 0 Å². The van der Waals surface area contributed by atoms with Gasteiger partial charge in [0, 0.05) is 29.7 Å². The molecule has 154 valence electrons. The van der Waals surface area contributed by atoms with E-state index < -0.39 is 0 Å². The second-order valence-corrected chi connectivity index (χ2v) is 8.70. The molecule has 0 saturated carbocycles. The van der Waals surface area contributed by atoms with Gasteiger partial charge in [0.15, 0.2) is 0 Å². The van der Waals surface area contributed by atoms with Crippen LogP contribution in [0, 0.1) is 0 Å². The molecule has 3 aromatic rings. The summed E-state index contributed by atoms with van der Waals surface area (Å²) in [6.45, 7) is 1.36. The van der Waals surface area contributed by atoms with Gasteiger partial charge in [-0.15, -0.1) is 10.2 Å². The zero-order valence-electron chi connectivity index (χ0n) is 16.3. The van der Waals surface area contributed by atoms with Crippen LogP contribution in [-0.4, -0.2) is 40.0 Å². The van der Waals surface area contributed by atoms with E-state index in [9.17, 15) is 9.59 Å². The number of amides is 2. The summed E-state index contributed by atoms with van der Waals surface area (Å²) < 4.78 is 0. The number of hydrogen-bond acceptors (Lipinski definition) is 5. The number of carbonyl (C=O) groups excluding carboxylic acids is 2. The highest BCUT2D eigenvalue weighted by Gasteiger charge is 2.28. The fourth-order valence-electron chi connectivity index (χ4n) is 3.53. The first-order chi connectivity index (χ1) is 14.6. The summed E-state index contributed by atoms with van der Waals surface area (Å²) in [6, 6.07) is 16.7. The van der Waals surface area contributed by atoms with E-state index in [4.69, 9.17) is 11.6 Å². The molecule has 2 heterocycles. The third-order valence-electron chi connectivity index (χ3n) is 5.04. The minimum Gasteiger partial charge on any atom is -0.342 e. The van der Waals surface area contributed by atoms with Crippen molar-refractivity contribution in [3.8, 4) is 0 Å². The van der Waals surface area contributed by atoms with Gasteiger partial charge in [-0.2, -0.15) is 0 Å². The molecule has 1 aliphatic heterocycles. The third-order valence-corrected chi connectivity index (χ3v) is 6.36. The Kier molecular flexibility index (Phi) is 6.40. The maximum atomic E-state index is 12.7. The molecule has 4 rings (SSSR count). The van der Waals surface area contributed by atoms with Crippen LogP contribution in [0.5, 0.6) is 0 Å². The van der Waals surface area contributed by atoms with Gasteiger partial charge in [0.25, 0.3) is 5.91 Å². The maximum Gasteiger partial charge on any atom is 0.286 e. The number of hydrogen-bond donors (Lipinski definition) is 1. The molecule has 1 aromatic heterocycles. The minimum absolute atomic E-state index is 0.101. The van der Waals surface area contributed by atoms with Gasteiger partial charge in [0.2, 0.25) is 10.9 Å². The molecule has 30 heavy (non-hydrogen) atoms. The Labute approximate surface area is 183 Å². The van der Waals surface area contributed by atoms with Crippen molar-refractivity contribution in [2.24, 2.45) is 0 Å². The summed E-state index contributed by atoms with van der Waals surface area (Å²) in [5, 5.41) is 12.7. The van der Waals surface area contributed by atoms with Crippen molar-refractivity contribution in [2.45, 2.75) is 25.2 Å². The maximum absolute atomic E-state index is 12.7. The summed E-state index contributed by atoms with van der Waals surface area (Å²) in [5.41, 5.74) is 1.63. The smallest absolute Gasteiger partial charge is 0.286 e. The van der Waals surface area contributed by atoms with Crippen molar-refractivity contribution in [2.75, 3.05) is 18.4 Å². The monoisotopic (exact) mass is 440 g/mol. The van der Waals surface area contributed by atoms with E-state index in [-0.39, 0.29) is 17.7 Å². The molecule has 1 atom stereocenters. The lowest BCUT2D eigenvalue weighted by Crippen LogP contribution is -2.39. The number of aromatic nitrogens is 2. The quantitative estimate of drug-likeness (QED) is 0.638. The summed E-state index contributed by atoms with van der Waals surface area (Å²) in [5.74, 6) is -0.0909. The number of halogens is 1. The molecule has 1 N–H and O–H groups in total. The van der Waals surface area contributed by atoms with Crippen LogP contribution in [0.25, 0.3) is 0 Å². The van der Waals surface area contributed by atoms with Crippen LogP contribution in [0.3, 0.4) is 0 Å². The van der Waals surface area contributed by atoms with Crippen molar-refractivity contribution in [1.29, 1.82) is 0 Å². The first-order valence-electron chi connectivity index (χ1n) is 9.80. The predicted molar refractivity (Wildman–Crippen MR) is 118 cm³/mol. The normalized spacial score (nSPS) is 16.3. The van der Waals surface area contributed by atoms with Crippen LogP contribution in [0.4, 0.5) is 5.69 Å². The number of likely N-dealkylation sites (tertiary alicyclic amines) is 1. The highest BCUT2D eigenvalue weighted by Crippen LogP contribution is 2.30. The van der Waals surface area contributed by atoms with Crippen LogP contribution in [0.2, 0.25) is 5.02 Å². The average Bonchev–Trinajstić information content (AvgIpc) is 3.25. The van der Waals surface area contributed by atoms with Gasteiger partial charge in [0.1, 0.15) is 5.01 Å². The zero-order chi connectivity index (χ0) is 20.9. The SMILES string of the molecule is O=C(Nc1cccc(Cl)c1)c1nnc(C2CCCN(C(=O)Cc3ccccc3)C2)s1. The minimum atomic E-state index is -0.311. The topological polar surface area (TPSA) is 75.2 Å². The standard InChI is InChI=1S/C22H21ClN4O2S/c23-17-9-4-10-18(13-17)24-20(29)22-26-25-21(30-22)16-8-5-11-27(14-16)19(28)12-15-6-2-1-3-7-15/h1-4,6-7,9-10,13,16H,5,8,11-12,14H2,(H,24,29). The Morgan fingerprint density at radius 3 is 2.77 bits per heavy atom. The molecule has 1 saturated heterocycles. The van der Waals surface area contributed by atoms with E-state index in [1.807, 2.05) is 35.2 Å². The van der Waals surface area contributed by atoms with Crippen molar-refractivity contribution in [3.05, 3.63) is 75.2 Å². The van der Waals surface area contributed by atoms with Crippen molar-refractivity contribution >= 4 is 40.4 Å². The van der Waals surface area contributed by atoms with E-state index in [0.29, 0.717) is 28.7 Å². The first-order valence-corrected chi connectivity index (χ1v) is 11.0. The molecule has 1 fully saturated rings. The third kappa shape index (κ3) is 5.04. The van der Waals surface area contributed by atoms with Gasteiger partial charge >= 0.3 is 0 Å². The molecule has 0 spiro atoms. The van der Waals surface area contributed by atoms with Gasteiger partial charge in [-0.3, -0.25) is 9.59 Å². The Balaban J connectivity index is 1.39. The highest BCUT2D eigenvalue weighted by molar-refractivity contribution is 7.13. The molecular formula is C22H21ClN4O2S. The molecular weight excluding hydrogens is 420 g/mol. The van der Waals surface area contributed by atoms with Crippen LogP contribution in [-0.2, 0) is 11.2 Å². The van der Waals surface area contributed by atoms with Crippen LogP contribution in [0.1, 0.15) is 39.1 Å². The lowest BCUT2D eigenvalue weighted by atomic mass is 9.98. The van der Waals surface area contributed by atoms with Crippen LogP contribution < -0.4 is 5.32 Å². The molecule has 8 heteroatoms. The van der Waals surface area contributed by atoms with Crippen molar-refractivity contribution < 1.29 is 9.59 Å². The number of nitrogens with one attached hydrogen (secondary N) is 1. The van der Waals surface area contributed by atoms with Gasteiger partial charge in [0.05, 0.1) is 6.42 Å². The average molecular weight is 441 g/mol. The molecule has 2 amide bonds. The summed E-state index contributed by atoms with van der Waals surface area (Å²) in [4.78, 5) is 27.1. The van der Waals surface area contributed by atoms with Gasteiger partial charge in [-0.1, -0.05) is 59.3 Å². The van der Waals surface area contributed by atoms with Gasteiger partial charge in [-0.25, -0.2) is 0 Å². The molecule has 1 unspecified atom stereocenters. The fourth-order valence-corrected chi connectivity index (χ4v) is 4.58. The molecule has 0 bridgehead atoms. The number of nitrogens with zero attached hydrogens (tertiary/aromatic N) is 3. The zero-order valence-corrected chi connectivity index (χ0v) is 17.8. The summed E-state index contributed by atoms with van der Waals surface area (Å²) in [7, 11) is 0. The van der Waals surface area contributed by atoms with E-state index in [1.165, 1.54) is 11.3 Å². The summed E-state index contributed by atoms with van der Waals surface area (Å²) >= 11 is 7.24. The first kappa shape index (κ1) is 20.5. The van der Waals surface area contributed by atoms with E-state index in [1.54, 1.807) is 24.3 Å². The van der Waals surface area contributed by atoms with Crippen LogP contribution in [0.15, 0.2) is 54.6 Å². The second-order valence-electron chi connectivity index (χ2n) is 7.25. The lowest BCUT2D eigenvalue weighted by molar-refractivity contribution is -0.131. The van der Waals surface area contributed by atoms with Crippen molar-refractivity contribution in [3.63, 3.8) is 0 Å². The van der Waals surface area contributed by atoms with E-state index in [0.717, 1.165) is 30.0 Å². The molecule has 0 aliphatic carbocycles. The Morgan fingerprint density at radius 1 is 1.13 bits per heavy atom. The van der Waals surface area contributed by atoms with Gasteiger partial charge in [-0.05, 0) is 36.6 Å². The number of benzene rings is 2. The Morgan fingerprint density at radius 2 is 1.97 bits per heavy atom. The largest absolute Gasteiger partial charge is 0.342 e.